The molecule has 0 aromatic heterocycles. The Balaban J connectivity index is 1.73. The Labute approximate surface area is 140 Å². The Morgan fingerprint density at radius 3 is 2.68 bits per heavy atom. The Bertz CT molecular complexity index is 567. The first-order valence-corrected chi connectivity index (χ1v) is 8.01. The molecule has 0 aliphatic carbocycles. The molecule has 118 valence electrons. The molecule has 1 heterocycles. The average molecular weight is 341 g/mol. The van der Waals surface area contributed by atoms with Crippen molar-refractivity contribution in [2.45, 2.75) is 19.3 Å². The fourth-order valence-corrected chi connectivity index (χ4v) is 2.83. The number of hydrogen-bond donors (Lipinski definition) is 1. The Morgan fingerprint density at radius 2 is 2.05 bits per heavy atom. The maximum Gasteiger partial charge on any atom is 0.244 e. The molecule has 1 N–H and O–H groups in total. The highest BCUT2D eigenvalue weighted by Gasteiger charge is 2.18. The molecule has 0 atom stereocenters. The Kier molecular flexibility index (Phi) is 6.28. The van der Waals surface area contributed by atoms with Crippen molar-refractivity contribution in [2.24, 2.45) is 0 Å². The number of rotatable bonds is 6. The topological polar surface area (TPSA) is 49.4 Å². The van der Waals surface area contributed by atoms with E-state index in [9.17, 15) is 9.59 Å². The molecular weight excluding hydrogens is 323 g/mol. The summed E-state index contributed by atoms with van der Waals surface area (Å²) in [4.78, 5) is 25.0. The molecule has 2 rings (SSSR count). The number of benzene rings is 1. The molecule has 0 unspecified atom stereocenters. The van der Waals surface area contributed by atoms with E-state index in [4.69, 9.17) is 23.2 Å². The molecule has 0 spiro atoms. The first-order chi connectivity index (χ1) is 10.6. The van der Waals surface area contributed by atoms with Crippen LogP contribution in [0, 0.1) is 0 Å². The molecule has 6 heteroatoms. The number of hydrogen-bond acceptors (Lipinski definition) is 2. The average Bonchev–Trinajstić information content (AvgIpc) is 2.88. The van der Waals surface area contributed by atoms with Crippen molar-refractivity contribution >= 4 is 41.1 Å². The summed E-state index contributed by atoms with van der Waals surface area (Å²) < 4.78 is 0. The van der Waals surface area contributed by atoms with Gasteiger partial charge >= 0.3 is 0 Å². The summed E-state index contributed by atoms with van der Waals surface area (Å²) in [6.07, 6.45) is 5.34. The van der Waals surface area contributed by atoms with Crippen molar-refractivity contribution in [3.8, 4) is 0 Å². The lowest BCUT2D eigenvalue weighted by molar-refractivity contribution is -0.127. The summed E-state index contributed by atoms with van der Waals surface area (Å²) in [7, 11) is 0. The van der Waals surface area contributed by atoms with Crippen LogP contribution in [0.3, 0.4) is 0 Å². The van der Waals surface area contributed by atoms with Crippen molar-refractivity contribution < 1.29 is 9.59 Å². The third-order valence-electron chi connectivity index (χ3n) is 3.48. The second kappa shape index (κ2) is 8.20. The Morgan fingerprint density at radius 1 is 1.32 bits per heavy atom. The lowest BCUT2D eigenvalue weighted by Crippen LogP contribution is -2.29. The molecule has 1 aromatic carbocycles. The van der Waals surface area contributed by atoms with Crippen molar-refractivity contribution in [2.75, 3.05) is 19.6 Å². The second-order valence-corrected chi connectivity index (χ2v) is 5.91. The fourth-order valence-electron chi connectivity index (χ4n) is 2.31. The van der Waals surface area contributed by atoms with E-state index in [0.717, 1.165) is 19.4 Å². The molecule has 22 heavy (non-hydrogen) atoms. The molecular formula is C16H18Cl2N2O2. The van der Waals surface area contributed by atoms with Gasteiger partial charge in [0, 0.05) is 47.7 Å². The first-order valence-electron chi connectivity index (χ1n) is 7.25. The van der Waals surface area contributed by atoms with Crippen molar-refractivity contribution in [3.63, 3.8) is 0 Å². The van der Waals surface area contributed by atoms with Gasteiger partial charge in [0.15, 0.2) is 0 Å². The van der Waals surface area contributed by atoms with E-state index in [1.165, 1.54) is 6.08 Å². The van der Waals surface area contributed by atoms with Gasteiger partial charge in [-0.1, -0.05) is 29.3 Å². The molecule has 2 amide bonds. The maximum absolute atomic E-state index is 11.7. The number of likely N-dealkylation sites (tertiary alicyclic amines) is 1. The van der Waals surface area contributed by atoms with Gasteiger partial charge in [-0.05, 0) is 31.1 Å². The van der Waals surface area contributed by atoms with Crippen LogP contribution in [-0.4, -0.2) is 36.3 Å². The van der Waals surface area contributed by atoms with Crippen LogP contribution in [-0.2, 0) is 9.59 Å². The van der Waals surface area contributed by atoms with Gasteiger partial charge in [0.2, 0.25) is 11.8 Å². The Hall–Kier alpha value is -1.52. The largest absolute Gasteiger partial charge is 0.352 e. The minimum absolute atomic E-state index is 0.205. The number of amides is 2. The van der Waals surface area contributed by atoms with Crippen LogP contribution in [0.15, 0.2) is 24.3 Å². The third-order valence-corrected chi connectivity index (χ3v) is 4.14. The molecule has 1 saturated heterocycles. The van der Waals surface area contributed by atoms with Crippen LogP contribution in [0.25, 0.3) is 6.08 Å². The van der Waals surface area contributed by atoms with Crippen LogP contribution in [0.1, 0.15) is 24.8 Å². The number of nitrogens with one attached hydrogen (secondary N) is 1. The van der Waals surface area contributed by atoms with Gasteiger partial charge in [-0.25, -0.2) is 0 Å². The van der Waals surface area contributed by atoms with Crippen LogP contribution in [0.5, 0.6) is 0 Å². The first kappa shape index (κ1) is 16.8. The zero-order valence-corrected chi connectivity index (χ0v) is 13.7. The van der Waals surface area contributed by atoms with Gasteiger partial charge in [-0.2, -0.15) is 0 Å². The molecule has 0 saturated carbocycles. The van der Waals surface area contributed by atoms with Crippen LogP contribution < -0.4 is 5.32 Å². The lowest BCUT2D eigenvalue weighted by Gasteiger charge is -2.14. The highest BCUT2D eigenvalue weighted by Crippen LogP contribution is 2.25. The van der Waals surface area contributed by atoms with Crippen molar-refractivity contribution in [1.29, 1.82) is 0 Å². The van der Waals surface area contributed by atoms with E-state index in [0.29, 0.717) is 35.1 Å². The summed E-state index contributed by atoms with van der Waals surface area (Å²) in [5.41, 5.74) is 0.628. The highest BCUT2D eigenvalue weighted by molar-refractivity contribution is 6.37. The zero-order chi connectivity index (χ0) is 15.9. The quantitative estimate of drug-likeness (QED) is 0.638. The van der Waals surface area contributed by atoms with Crippen LogP contribution in [0.2, 0.25) is 10.0 Å². The molecule has 0 bridgehead atoms. The number of halogens is 2. The smallest absolute Gasteiger partial charge is 0.244 e. The molecule has 1 aliphatic heterocycles. The maximum atomic E-state index is 11.7. The molecule has 4 nitrogen and oxygen atoms in total. The minimum Gasteiger partial charge on any atom is -0.352 e. The number of carbonyl (C=O) groups is 2. The SMILES string of the molecule is O=C(/C=C/c1c(Cl)cccc1Cl)NCCCN1CCCC1=O. The predicted molar refractivity (Wildman–Crippen MR) is 88.9 cm³/mol. The van der Waals surface area contributed by atoms with Crippen LogP contribution >= 0.6 is 23.2 Å². The van der Waals surface area contributed by atoms with Gasteiger partial charge in [0.05, 0.1) is 0 Å². The van der Waals surface area contributed by atoms with Crippen molar-refractivity contribution in [1.82, 2.24) is 10.2 Å². The predicted octanol–water partition coefficient (Wildman–Crippen LogP) is 3.14. The summed E-state index contributed by atoms with van der Waals surface area (Å²) in [6.45, 7) is 2.06. The number of carbonyl (C=O) groups excluding carboxylic acids is 2. The monoisotopic (exact) mass is 340 g/mol. The van der Waals surface area contributed by atoms with Gasteiger partial charge in [0.25, 0.3) is 0 Å². The summed E-state index contributed by atoms with van der Waals surface area (Å²) >= 11 is 12.0. The standard InChI is InChI=1S/C16H18Cl2N2O2/c17-13-4-1-5-14(18)12(13)7-8-15(21)19-9-3-11-20-10-2-6-16(20)22/h1,4-5,7-8H,2-3,6,9-11H2,(H,19,21)/b8-7+. The van der Waals surface area contributed by atoms with Crippen LogP contribution in [0.4, 0.5) is 0 Å². The fraction of sp³-hybridized carbons (Fsp3) is 0.375. The summed E-state index contributed by atoms with van der Waals surface area (Å²) in [5, 5.41) is 3.79. The number of nitrogens with zero attached hydrogens (tertiary/aromatic N) is 1. The molecule has 1 fully saturated rings. The minimum atomic E-state index is -0.205. The van der Waals surface area contributed by atoms with E-state index >= 15 is 0 Å². The van der Waals surface area contributed by atoms with Gasteiger partial charge < -0.3 is 10.2 Å². The normalized spacial score (nSPS) is 14.8. The molecule has 1 aromatic rings. The lowest BCUT2D eigenvalue weighted by atomic mass is 10.2. The second-order valence-electron chi connectivity index (χ2n) is 5.10. The van der Waals surface area contributed by atoms with E-state index < -0.39 is 0 Å². The molecule has 0 radical (unpaired) electrons. The van der Waals surface area contributed by atoms with Crippen molar-refractivity contribution in [3.05, 3.63) is 39.9 Å². The highest BCUT2D eigenvalue weighted by atomic mass is 35.5. The van der Waals surface area contributed by atoms with E-state index in [1.54, 1.807) is 24.3 Å². The van der Waals surface area contributed by atoms with E-state index in [1.807, 2.05) is 4.90 Å². The van der Waals surface area contributed by atoms with Gasteiger partial charge in [-0.3, -0.25) is 9.59 Å². The van der Waals surface area contributed by atoms with Gasteiger partial charge in [0.1, 0.15) is 0 Å². The molecule has 1 aliphatic rings. The summed E-state index contributed by atoms with van der Waals surface area (Å²) in [5.74, 6) is 0.00307. The van der Waals surface area contributed by atoms with E-state index in [2.05, 4.69) is 5.32 Å². The zero-order valence-electron chi connectivity index (χ0n) is 12.1. The third kappa shape index (κ3) is 4.75. The van der Waals surface area contributed by atoms with Gasteiger partial charge in [-0.15, -0.1) is 0 Å². The summed E-state index contributed by atoms with van der Waals surface area (Å²) in [6, 6.07) is 5.19. The van der Waals surface area contributed by atoms with E-state index in [-0.39, 0.29) is 11.8 Å².